The van der Waals surface area contributed by atoms with E-state index in [2.05, 4.69) is 11.4 Å². The number of benzene rings is 3. The highest BCUT2D eigenvalue weighted by molar-refractivity contribution is 6.01. The lowest BCUT2D eigenvalue weighted by atomic mass is 9.94. The van der Waals surface area contributed by atoms with Gasteiger partial charge in [-0.1, -0.05) is 18.2 Å². The van der Waals surface area contributed by atoms with E-state index < -0.39 is 5.91 Å². The van der Waals surface area contributed by atoms with Crippen LogP contribution >= 0.6 is 0 Å². The fourth-order valence-corrected chi connectivity index (χ4v) is 4.85. The zero-order valence-electron chi connectivity index (χ0n) is 18.7. The molecule has 1 aliphatic heterocycles. The maximum atomic E-state index is 13.1. The van der Waals surface area contributed by atoms with Gasteiger partial charge in [-0.05, 0) is 89.2 Å². The molecule has 0 atom stereocenters. The lowest BCUT2D eigenvalue weighted by Gasteiger charge is -2.20. The van der Waals surface area contributed by atoms with Gasteiger partial charge in [0, 0.05) is 30.8 Å². The van der Waals surface area contributed by atoms with E-state index in [9.17, 15) is 9.59 Å². The van der Waals surface area contributed by atoms with Crippen LogP contribution in [-0.4, -0.2) is 50.0 Å². The van der Waals surface area contributed by atoms with Gasteiger partial charge in [-0.3, -0.25) is 9.59 Å². The fourth-order valence-electron chi connectivity index (χ4n) is 4.85. The minimum absolute atomic E-state index is 0.0599. The first-order chi connectivity index (χ1) is 16.0. The third-order valence-electron chi connectivity index (χ3n) is 6.56. The second-order valence-corrected chi connectivity index (χ2v) is 8.59. The monoisotopic (exact) mass is 441 g/mol. The minimum atomic E-state index is -0.447. The summed E-state index contributed by atoms with van der Waals surface area (Å²) in [5, 5.41) is 3.33. The van der Waals surface area contributed by atoms with E-state index in [1.54, 1.807) is 7.11 Å². The first-order valence-corrected chi connectivity index (χ1v) is 11.3. The van der Waals surface area contributed by atoms with Crippen molar-refractivity contribution >= 4 is 11.8 Å². The Morgan fingerprint density at radius 1 is 0.970 bits per heavy atom. The lowest BCUT2D eigenvalue weighted by Crippen LogP contribution is -2.34. The molecular weight excluding hydrogens is 414 g/mol. The third kappa shape index (κ3) is 3.98. The number of hydrogen-bond donors (Lipinski definition) is 2. The number of rotatable bonds is 4. The number of nitrogens with one attached hydrogen (secondary N) is 1. The largest absolute Gasteiger partial charge is 0.497 e. The summed E-state index contributed by atoms with van der Waals surface area (Å²) in [4.78, 5) is 27.4. The average Bonchev–Trinajstić information content (AvgIpc) is 3.00. The number of carbonyl (C=O) groups is 2. The van der Waals surface area contributed by atoms with Gasteiger partial charge >= 0.3 is 0 Å². The molecular formula is C27H27N3O3. The van der Waals surface area contributed by atoms with Crippen molar-refractivity contribution in [2.24, 2.45) is 5.73 Å². The second-order valence-electron chi connectivity index (χ2n) is 8.59. The van der Waals surface area contributed by atoms with Crippen LogP contribution < -0.4 is 15.8 Å². The Balaban J connectivity index is 1.54. The molecule has 1 saturated heterocycles. The van der Waals surface area contributed by atoms with Crippen LogP contribution in [0, 0.1) is 0 Å². The van der Waals surface area contributed by atoms with Crippen molar-refractivity contribution in [3.05, 3.63) is 76.9 Å². The van der Waals surface area contributed by atoms with Crippen molar-refractivity contribution in [1.29, 1.82) is 0 Å². The van der Waals surface area contributed by atoms with Crippen molar-refractivity contribution in [1.82, 2.24) is 10.2 Å². The summed E-state index contributed by atoms with van der Waals surface area (Å²) in [6.45, 7) is 3.23. The summed E-state index contributed by atoms with van der Waals surface area (Å²) in [5.41, 5.74) is 12.9. The maximum absolute atomic E-state index is 13.1. The highest BCUT2D eigenvalue weighted by Gasteiger charge is 2.26. The molecule has 0 aromatic heterocycles. The highest BCUT2D eigenvalue weighted by atomic mass is 16.5. The Morgan fingerprint density at radius 2 is 1.85 bits per heavy atom. The molecule has 3 aromatic rings. The second kappa shape index (κ2) is 8.71. The number of nitrogens with zero attached hydrogens (tertiary/aromatic N) is 1. The SMILES string of the molecule is COc1cccc(-c2cc(C(N)=O)c3c(c2)-c2ccc(C(=O)N4CCCNCC4)cc2C3)c1. The van der Waals surface area contributed by atoms with E-state index in [0.717, 1.165) is 65.2 Å². The predicted molar refractivity (Wildman–Crippen MR) is 129 cm³/mol. The molecule has 0 radical (unpaired) electrons. The van der Waals surface area contributed by atoms with Gasteiger partial charge in [0.15, 0.2) is 0 Å². The molecule has 0 bridgehead atoms. The Hall–Kier alpha value is -3.64. The topological polar surface area (TPSA) is 84.7 Å². The zero-order chi connectivity index (χ0) is 22.9. The van der Waals surface area contributed by atoms with E-state index in [1.165, 1.54) is 0 Å². The van der Waals surface area contributed by atoms with Crippen molar-refractivity contribution in [3.8, 4) is 28.0 Å². The van der Waals surface area contributed by atoms with Gasteiger partial charge in [0.2, 0.25) is 5.91 Å². The molecule has 6 nitrogen and oxygen atoms in total. The molecule has 3 N–H and O–H groups in total. The molecule has 1 aliphatic carbocycles. The van der Waals surface area contributed by atoms with Crippen LogP contribution in [0.15, 0.2) is 54.6 Å². The maximum Gasteiger partial charge on any atom is 0.253 e. The molecule has 0 spiro atoms. The highest BCUT2D eigenvalue weighted by Crippen LogP contribution is 2.41. The summed E-state index contributed by atoms with van der Waals surface area (Å²) in [5.74, 6) is 0.364. The van der Waals surface area contributed by atoms with Gasteiger partial charge in [-0.25, -0.2) is 0 Å². The van der Waals surface area contributed by atoms with Crippen molar-refractivity contribution in [3.63, 3.8) is 0 Å². The number of amides is 2. The molecule has 168 valence electrons. The number of primary amides is 1. The molecule has 2 aliphatic rings. The molecule has 2 amide bonds. The molecule has 5 rings (SSSR count). The quantitative estimate of drug-likeness (QED) is 0.508. The molecule has 33 heavy (non-hydrogen) atoms. The summed E-state index contributed by atoms with van der Waals surface area (Å²) < 4.78 is 5.36. The van der Waals surface area contributed by atoms with Gasteiger partial charge < -0.3 is 20.7 Å². The molecule has 0 unspecified atom stereocenters. The summed E-state index contributed by atoms with van der Waals surface area (Å²) in [6, 6.07) is 17.6. The molecule has 3 aromatic carbocycles. The van der Waals surface area contributed by atoms with Crippen LogP contribution in [0.5, 0.6) is 5.75 Å². The first-order valence-electron chi connectivity index (χ1n) is 11.3. The van der Waals surface area contributed by atoms with Gasteiger partial charge in [-0.15, -0.1) is 0 Å². The number of hydrogen-bond acceptors (Lipinski definition) is 4. The van der Waals surface area contributed by atoms with Crippen LogP contribution in [-0.2, 0) is 6.42 Å². The summed E-state index contributed by atoms with van der Waals surface area (Å²) in [7, 11) is 1.63. The molecule has 0 saturated carbocycles. The average molecular weight is 442 g/mol. The summed E-state index contributed by atoms with van der Waals surface area (Å²) in [6.07, 6.45) is 1.54. The summed E-state index contributed by atoms with van der Waals surface area (Å²) >= 11 is 0. The van der Waals surface area contributed by atoms with Crippen LogP contribution in [0.1, 0.15) is 38.3 Å². The Bertz CT molecular complexity index is 1240. The van der Waals surface area contributed by atoms with Crippen LogP contribution in [0.3, 0.4) is 0 Å². The number of nitrogens with two attached hydrogens (primary N) is 1. The standard InChI is InChI=1S/C27H27N3O3/c1-33-21-5-2-4-17(13-21)19-14-23-22-7-6-18(27(32)30-10-3-8-29-9-11-30)12-20(22)16-24(23)25(15-19)26(28)31/h2,4-7,12-15,29H,3,8-11,16H2,1H3,(H2,28,31). The first kappa shape index (κ1) is 21.2. The van der Waals surface area contributed by atoms with Crippen molar-refractivity contribution in [2.75, 3.05) is 33.3 Å². The normalized spacial score (nSPS) is 14.9. The van der Waals surface area contributed by atoms with E-state index in [4.69, 9.17) is 10.5 Å². The van der Waals surface area contributed by atoms with Crippen molar-refractivity contribution in [2.45, 2.75) is 12.8 Å². The van der Waals surface area contributed by atoms with E-state index in [1.807, 2.05) is 53.4 Å². The Morgan fingerprint density at radius 3 is 2.67 bits per heavy atom. The lowest BCUT2D eigenvalue weighted by molar-refractivity contribution is 0.0766. The van der Waals surface area contributed by atoms with E-state index in [-0.39, 0.29) is 5.91 Å². The predicted octanol–water partition coefficient (Wildman–Crippen LogP) is 3.47. The van der Waals surface area contributed by atoms with Gasteiger partial charge in [-0.2, -0.15) is 0 Å². The van der Waals surface area contributed by atoms with Crippen LogP contribution in [0.4, 0.5) is 0 Å². The Kier molecular flexibility index (Phi) is 5.60. The number of fused-ring (bicyclic) bond motifs is 3. The number of methoxy groups -OCH3 is 1. The molecule has 6 heteroatoms. The van der Waals surface area contributed by atoms with E-state index in [0.29, 0.717) is 24.1 Å². The fraction of sp³-hybridized carbons (Fsp3) is 0.259. The van der Waals surface area contributed by atoms with Crippen LogP contribution in [0.25, 0.3) is 22.3 Å². The number of carbonyl (C=O) groups excluding carboxylic acids is 2. The van der Waals surface area contributed by atoms with Crippen molar-refractivity contribution < 1.29 is 14.3 Å². The Labute approximate surface area is 193 Å². The van der Waals surface area contributed by atoms with Gasteiger partial charge in [0.25, 0.3) is 5.91 Å². The number of ether oxygens (including phenoxy) is 1. The van der Waals surface area contributed by atoms with Crippen LogP contribution in [0.2, 0.25) is 0 Å². The van der Waals surface area contributed by atoms with E-state index >= 15 is 0 Å². The minimum Gasteiger partial charge on any atom is -0.497 e. The smallest absolute Gasteiger partial charge is 0.253 e. The molecule has 1 heterocycles. The van der Waals surface area contributed by atoms with Gasteiger partial charge in [0.05, 0.1) is 7.11 Å². The van der Waals surface area contributed by atoms with Gasteiger partial charge in [0.1, 0.15) is 5.75 Å². The molecule has 1 fully saturated rings. The zero-order valence-corrected chi connectivity index (χ0v) is 18.7. The third-order valence-corrected chi connectivity index (χ3v) is 6.56.